The van der Waals surface area contributed by atoms with Gasteiger partial charge in [0.25, 0.3) is 5.91 Å². The Balaban J connectivity index is 1.65. The van der Waals surface area contributed by atoms with Crippen LogP contribution in [0.1, 0.15) is 15.9 Å². The first-order valence-corrected chi connectivity index (χ1v) is 8.55. The number of nitrogens with zero attached hydrogens (tertiary/aromatic N) is 3. The fourth-order valence-electron chi connectivity index (χ4n) is 2.30. The summed E-state index contributed by atoms with van der Waals surface area (Å²) in [4.78, 5) is 22.8. The standard InChI is InChI=1S/C19H17BrN4O/c1-24(13-14-5-3-2-4-6-14)19-21-11-15(12-22-19)18(25)23-17-9-7-16(20)8-10-17/h2-12H,13H2,1H3,(H,23,25). The van der Waals surface area contributed by atoms with Crippen molar-refractivity contribution in [3.8, 4) is 0 Å². The first-order valence-electron chi connectivity index (χ1n) is 7.76. The van der Waals surface area contributed by atoms with Gasteiger partial charge in [-0.2, -0.15) is 0 Å². The van der Waals surface area contributed by atoms with Crippen LogP contribution in [0.5, 0.6) is 0 Å². The van der Waals surface area contributed by atoms with E-state index >= 15 is 0 Å². The van der Waals surface area contributed by atoms with Crippen molar-refractivity contribution in [2.45, 2.75) is 6.54 Å². The number of carbonyl (C=O) groups is 1. The lowest BCUT2D eigenvalue weighted by molar-refractivity contribution is 0.102. The van der Waals surface area contributed by atoms with Crippen molar-refractivity contribution in [2.75, 3.05) is 17.3 Å². The van der Waals surface area contributed by atoms with Crippen LogP contribution in [0.2, 0.25) is 0 Å². The van der Waals surface area contributed by atoms with Crippen LogP contribution in [0.15, 0.2) is 71.5 Å². The van der Waals surface area contributed by atoms with Crippen LogP contribution in [0, 0.1) is 0 Å². The molecule has 25 heavy (non-hydrogen) atoms. The molecular weight excluding hydrogens is 380 g/mol. The van der Waals surface area contributed by atoms with Gasteiger partial charge in [0.2, 0.25) is 5.95 Å². The molecule has 0 atom stereocenters. The number of amides is 1. The molecule has 0 unspecified atom stereocenters. The highest BCUT2D eigenvalue weighted by atomic mass is 79.9. The smallest absolute Gasteiger partial charge is 0.258 e. The molecule has 0 spiro atoms. The van der Waals surface area contributed by atoms with Crippen LogP contribution in [0.3, 0.4) is 0 Å². The molecule has 1 N–H and O–H groups in total. The molecule has 5 nitrogen and oxygen atoms in total. The van der Waals surface area contributed by atoms with E-state index in [0.717, 1.165) is 10.2 Å². The summed E-state index contributed by atoms with van der Waals surface area (Å²) in [7, 11) is 1.92. The van der Waals surface area contributed by atoms with Gasteiger partial charge in [0.15, 0.2) is 0 Å². The Bertz CT molecular complexity index is 836. The summed E-state index contributed by atoms with van der Waals surface area (Å²) in [6.45, 7) is 0.700. The average Bonchev–Trinajstić information content (AvgIpc) is 2.64. The fraction of sp³-hybridized carbons (Fsp3) is 0.105. The molecular formula is C19H17BrN4O. The lowest BCUT2D eigenvalue weighted by atomic mass is 10.2. The number of carbonyl (C=O) groups excluding carboxylic acids is 1. The summed E-state index contributed by atoms with van der Waals surface area (Å²) in [6, 6.07) is 17.5. The van der Waals surface area contributed by atoms with Gasteiger partial charge in [0.05, 0.1) is 5.56 Å². The van der Waals surface area contributed by atoms with Gasteiger partial charge in [0, 0.05) is 36.1 Å². The van der Waals surface area contributed by atoms with Crippen molar-refractivity contribution in [2.24, 2.45) is 0 Å². The molecule has 1 aromatic heterocycles. The third-order valence-electron chi connectivity index (χ3n) is 3.61. The van der Waals surface area contributed by atoms with Gasteiger partial charge in [-0.25, -0.2) is 9.97 Å². The van der Waals surface area contributed by atoms with Crippen LogP contribution in [-0.2, 0) is 6.54 Å². The first kappa shape index (κ1) is 17.1. The maximum absolute atomic E-state index is 12.3. The van der Waals surface area contributed by atoms with E-state index in [1.54, 1.807) is 0 Å². The maximum Gasteiger partial charge on any atom is 0.258 e. The molecule has 0 saturated carbocycles. The highest BCUT2D eigenvalue weighted by Gasteiger charge is 2.10. The van der Waals surface area contributed by atoms with E-state index in [1.165, 1.54) is 18.0 Å². The van der Waals surface area contributed by atoms with Gasteiger partial charge in [-0.3, -0.25) is 4.79 Å². The second kappa shape index (κ2) is 7.90. The molecule has 126 valence electrons. The van der Waals surface area contributed by atoms with Crippen molar-refractivity contribution < 1.29 is 4.79 Å². The van der Waals surface area contributed by atoms with Gasteiger partial charge in [-0.05, 0) is 29.8 Å². The summed E-state index contributed by atoms with van der Waals surface area (Å²) in [5.41, 5.74) is 2.31. The van der Waals surface area contributed by atoms with E-state index in [2.05, 4.69) is 43.3 Å². The maximum atomic E-state index is 12.3. The number of anilines is 2. The van der Waals surface area contributed by atoms with E-state index in [0.29, 0.717) is 18.1 Å². The lowest BCUT2D eigenvalue weighted by Gasteiger charge is -2.17. The van der Waals surface area contributed by atoms with Gasteiger partial charge in [-0.15, -0.1) is 0 Å². The molecule has 0 fully saturated rings. The normalized spacial score (nSPS) is 10.3. The molecule has 0 radical (unpaired) electrons. The minimum absolute atomic E-state index is 0.236. The minimum Gasteiger partial charge on any atom is -0.340 e. The highest BCUT2D eigenvalue weighted by molar-refractivity contribution is 9.10. The van der Waals surface area contributed by atoms with Crippen molar-refractivity contribution in [3.05, 3.63) is 82.6 Å². The Morgan fingerprint density at radius 1 is 1.04 bits per heavy atom. The Morgan fingerprint density at radius 3 is 2.32 bits per heavy atom. The van der Waals surface area contributed by atoms with Crippen LogP contribution in [-0.4, -0.2) is 22.9 Å². The van der Waals surface area contributed by atoms with E-state index < -0.39 is 0 Å². The largest absolute Gasteiger partial charge is 0.340 e. The zero-order valence-electron chi connectivity index (χ0n) is 13.7. The van der Waals surface area contributed by atoms with Crippen molar-refractivity contribution in [1.29, 1.82) is 0 Å². The summed E-state index contributed by atoms with van der Waals surface area (Å²) in [6.07, 6.45) is 3.08. The van der Waals surface area contributed by atoms with Gasteiger partial charge in [0.1, 0.15) is 0 Å². The molecule has 3 rings (SSSR count). The summed E-state index contributed by atoms with van der Waals surface area (Å²) < 4.78 is 0.958. The van der Waals surface area contributed by atoms with Crippen molar-refractivity contribution >= 4 is 33.5 Å². The summed E-state index contributed by atoms with van der Waals surface area (Å²) in [5.74, 6) is 0.337. The second-order valence-electron chi connectivity index (χ2n) is 5.57. The van der Waals surface area contributed by atoms with Crippen LogP contribution in [0.4, 0.5) is 11.6 Å². The van der Waals surface area contributed by atoms with Crippen molar-refractivity contribution in [1.82, 2.24) is 9.97 Å². The van der Waals surface area contributed by atoms with E-state index in [-0.39, 0.29) is 5.91 Å². The number of hydrogen-bond donors (Lipinski definition) is 1. The molecule has 6 heteroatoms. The van der Waals surface area contributed by atoms with Crippen LogP contribution >= 0.6 is 15.9 Å². The summed E-state index contributed by atoms with van der Waals surface area (Å²) in [5, 5.41) is 2.82. The molecule has 3 aromatic rings. The Labute approximate surface area is 154 Å². The molecule has 2 aromatic carbocycles. The third kappa shape index (κ3) is 4.64. The first-order chi connectivity index (χ1) is 12.1. The molecule has 1 amide bonds. The number of halogens is 1. The minimum atomic E-state index is -0.236. The molecule has 0 saturated heterocycles. The van der Waals surface area contributed by atoms with Crippen LogP contribution in [0.25, 0.3) is 0 Å². The van der Waals surface area contributed by atoms with E-state index in [1.807, 2.05) is 54.4 Å². The Hall–Kier alpha value is -2.73. The number of nitrogens with one attached hydrogen (secondary N) is 1. The summed E-state index contributed by atoms with van der Waals surface area (Å²) >= 11 is 3.36. The van der Waals surface area contributed by atoms with Gasteiger partial charge in [-0.1, -0.05) is 46.3 Å². The fourth-order valence-corrected chi connectivity index (χ4v) is 2.56. The zero-order valence-corrected chi connectivity index (χ0v) is 15.3. The number of rotatable bonds is 5. The van der Waals surface area contributed by atoms with E-state index in [9.17, 15) is 4.79 Å². The third-order valence-corrected chi connectivity index (χ3v) is 4.14. The lowest BCUT2D eigenvalue weighted by Crippen LogP contribution is -2.20. The van der Waals surface area contributed by atoms with E-state index in [4.69, 9.17) is 0 Å². The van der Waals surface area contributed by atoms with Crippen molar-refractivity contribution in [3.63, 3.8) is 0 Å². The topological polar surface area (TPSA) is 58.1 Å². The second-order valence-corrected chi connectivity index (χ2v) is 6.49. The zero-order chi connectivity index (χ0) is 17.6. The highest BCUT2D eigenvalue weighted by Crippen LogP contribution is 2.15. The average molecular weight is 397 g/mol. The number of benzene rings is 2. The molecule has 0 aliphatic rings. The van der Waals surface area contributed by atoms with Crippen LogP contribution < -0.4 is 10.2 Å². The quantitative estimate of drug-likeness (QED) is 0.704. The predicted molar refractivity (Wildman–Crippen MR) is 103 cm³/mol. The molecule has 0 aliphatic heterocycles. The molecule has 0 bridgehead atoms. The number of hydrogen-bond acceptors (Lipinski definition) is 4. The SMILES string of the molecule is CN(Cc1ccccc1)c1ncc(C(=O)Nc2ccc(Br)cc2)cn1. The molecule has 1 heterocycles. The predicted octanol–water partition coefficient (Wildman–Crippen LogP) is 4.13. The Morgan fingerprint density at radius 2 is 1.68 bits per heavy atom. The molecule has 0 aliphatic carbocycles. The van der Waals surface area contributed by atoms with Gasteiger partial charge >= 0.3 is 0 Å². The number of aromatic nitrogens is 2. The van der Waals surface area contributed by atoms with Gasteiger partial charge < -0.3 is 10.2 Å². The monoisotopic (exact) mass is 396 g/mol. The Kier molecular flexibility index (Phi) is 5.40.